The largest absolute Gasteiger partial charge is 0.467 e. The first-order valence-corrected chi connectivity index (χ1v) is 7.37. The predicted molar refractivity (Wildman–Crippen MR) is 78.8 cm³/mol. The highest BCUT2D eigenvalue weighted by molar-refractivity contribution is 5.84. The van der Waals surface area contributed by atoms with E-state index in [2.05, 4.69) is 15.3 Å². The van der Waals surface area contributed by atoms with Crippen molar-refractivity contribution < 1.29 is 18.7 Å². The summed E-state index contributed by atoms with van der Waals surface area (Å²) < 4.78 is 16.5. The highest BCUT2D eigenvalue weighted by atomic mass is 16.5. The number of aryl methyl sites for hydroxylation is 2. The standard InChI is InChI=1S/C15H19N3O4/c1-9-10(2)22-15-13(9)14(17-8-18-15)21-7-12(19)16-6-11-4-3-5-20-11/h8,11H,3-7H2,1-2H3,(H,16,19). The molecule has 2 aromatic rings. The summed E-state index contributed by atoms with van der Waals surface area (Å²) >= 11 is 0. The van der Waals surface area contributed by atoms with Gasteiger partial charge in [0.05, 0.1) is 6.10 Å². The maximum Gasteiger partial charge on any atom is 0.258 e. The molecule has 7 nitrogen and oxygen atoms in total. The molecular formula is C15H19N3O4. The van der Waals surface area contributed by atoms with Crippen LogP contribution in [0.15, 0.2) is 10.7 Å². The minimum atomic E-state index is -0.194. The quantitative estimate of drug-likeness (QED) is 0.901. The summed E-state index contributed by atoms with van der Waals surface area (Å²) in [5.74, 6) is 0.940. The molecule has 0 aromatic carbocycles. The third-order valence-electron chi connectivity index (χ3n) is 3.82. The van der Waals surface area contributed by atoms with Crippen molar-refractivity contribution >= 4 is 17.0 Å². The molecule has 2 aromatic heterocycles. The molecule has 1 unspecified atom stereocenters. The Kier molecular flexibility index (Phi) is 4.24. The summed E-state index contributed by atoms with van der Waals surface area (Å²) in [6.45, 7) is 4.97. The molecule has 1 atom stereocenters. The fraction of sp³-hybridized carbons (Fsp3) is 0.533. The van der Waals surface area contributed by atoms with Crippen LogP contribution < -0.4 is 10.1 Å². The molecule has 3 heterocycles. The van der Waals surface area contributed by atoms with Gasteiger partial charge in [-0.05, 0) is 26.7 Å². The number of furan rings is 1. The van der Waals surface area contributed by atoms with E-state index in [4.69, 9.17) is 13.9 Å². The summed E-state index contributed by atoms with van der Waals surface area (Å²) in [5.41, 5.74) is 1.39. The van der Waals surface area contributed by atoms with Crippen molar-refractivity contribution in [3.63, 3.8) is 0 Å². The molecule has 1 aliphatic rings. The molecule has 7 heteroatoms. The smallest absolute Gasteiger partial charge is 0.258 e. The van der Waals surface area contributed by atoms with Crippen LogP contribution in [0.5, 0.6) is 5.88 Å². The zero-order valence-corrected chi connectivity index (χ0v) is 12.7. The molecule has 0 radical (unpaired) electrons. The third-order valence-corrected chi connectivity index (χ3v) is 3.82. The van der Waals surface area contributed by atoms with E-state index < -0.39 is 0 Å². The maximum absolute atomic E-state index is 11.8. The second kappa shape index (κ2) is 6.31. The summed E-state index contributed by atoms with van der Waals surface area (Å²) in [5, 5.41) is 3.52. The Hall–Kier alpha value is -2.15. The van der Waals surface area contributed by atoms with E-state index in [9.17, 15) is 4.79 Å². The molecule has 118 valence electrons. The lowest BCUT2D eigenvalue weighted by molar-refractivity contribution is -0.123. The second-order valence-corrected chi connectivity index (χ2v) is 5.37. The van der Waals surface area contributed by atoms with Crippen molar-refractivity contribution in [3.05, 3.63) is 17.7 Å². The van der Waals surface area contributed by atoms with Gasteiger partial charge in [0.2, 0.25) is 11.6 Å². The van der Waals surface area contributed by atoms with Crippen molar-refractivity contribution in [2.24, 2.45) is 0 Å². The van der Waals surface area contributed by atoms with E-state index in [0.29, 0.717) is 23.5 Å². The predicted octanol–water partition coefficient (Wildman–Crippen LogP) is 1.51. The summed E-state index contributed by atoms with van der Waals surface area (Å²) in [6, 6.07) is 0. The highest BCUT2D eigenvalue weighted by Crippen LogP contribution is 2.29. The van der Waals surface area contributed by atoms with Crippen molar-refractivity contribution in [2.45, 2.75) is 32.8 Å². The van der Waals surface area contributed by atoms with E-state index in [0.717, 1.165) is 30.8 Å². The number of hydrogen-bond donors (Lipinski definition) is 1. The number of fused-ring (bicyclic) bond motifs is 1. The number of rotatable bonds is 5. The van der Waals surface area contributed by atoms with Crippen LogP contribution in [0.25, 0.3) is 11.1 Å². The topological polar surface area (TPSA) is 86.5 Å². The summed E-state index contributed by atoms with van der Waals surface area (Å²) in [6.07, 6.45) is 3.52. The number of nitrogens with one attached hydrogen (secondary N) is 1. The first kappa shape index (κ1) is 14.8. The molecular weight excluding hydrogens is 286 g/mol. The molecule has 1 amide bonds. The zero-order valence-electron chi connectivity index (χ0n) is 12.7. The SMILES string of the molecule is Cc1oc2ncnc(OCC(=O)NCC3CCCO3)c2c1C. The van der Waals surface area contributed by atoms with E-state index in [1.54, 1.807) is 0 Å². The normalized spacial score (nSPS) is 17.8. The van der Waals surface area contributed by atoms with Crippen molar-refractivity contribution in [2.75, 3.05) is 19.8 Å². The van der Waals surface area contributed by atoms with Crippen LogP contribution in [0.2, 0.25) is 0 Å². The van der Waals surface area contributed by atoms with Crippen molar-refractivity contribution in [1.29, 1.82) is 0 Å². The fourth-order valence-electron chi connectivity index (χ4n) is 2.48. The van der Waals surface area contributed by atoms with Gasteiger partial charge in [-0.2, -0.15) is 0 Å². The van der Waals surface area contributed by atoms with Gasteiger partial charge < -0.3 is 19.2 Å². The number of carbonyl (C=O) groups excluding carboxylic acids is 1. The average Bonchev–Trinajstić information content (AvgIpc) is 3.12. The number of aromatic nitrogens is 2. The van der Waals surface area contributed by atoms with E-state index in [-0.39, 0.29) is 18.6 Å². The van der Waals surface area contributed by atoms with Gasteiger partial charge in [0.1, 0.15) is 17.5 Å². The molecule has 0 bridgehead atoms. The number of hydrogen-bond acceptors (Lipinski definition) is 6. The Bertz CT molecular complexity index is 677. The Morgan fingerprint density at radius 2 is 2.32 bits per heavy atom. The molecule has 1 aliphatic heterocycles. The van der Waals surface area contributed by atoms with Crippen LogP contribution in [0.4, 0.5) is 0 Å². The molecule has 0 spiro atoms. The number of carbonyl (C=O) groups is 1. The minimum Gasteiger partial charge on any atom is -0.467 e. The van der Waals surface area contributed by atoms with Gasteiger partial charge in [-0.1, -0.05) is 0 Å². The van der Waals surface area contributed by atoms with Crippen LogP contribution in [0.3, 0.4) is 0 Å². The summed E-state index contributed by atoms with van der Waals surface area (Å²) in [4.78, 5) is 20.0. The van der Waals surface area contributed by atoms with E-state index in [1.165, 1.54) is 6.33 Å². The van der Waals surface area contributed by atoms with E-state index in [1.807, 2.05) is 13.8 Å². The number of nitrogens with zero attached hydrogens (tertiary/aromatic N) is 2. The lowest BCUT2D eigenvalue weighted by atomic mass is 10.2. The molecule has 22 heavy (non-hydrogen) atoms. The Balaban J connectivity index is 1.60. The lowest BCUT2D eigenvalue weighted by Gasteiger charge is -2.11. The Labute approximate surface area is 128 Å². The molecule has 1 saturated heterocycles. The zero-order chi connectivity index (χ0) is 15.5. The van der Waals surface area contributed by atoms with Crippen molar-refractivity contribution in [3.8, 4) is 5.88 Å². The molecule has 1 fully saturated rings. The molecule has 1 N–H and O–H groups in total. The average molecular weight is 305 g/mol. The minimum absolute atomic E-state index is 0.0947. The number of amides is 1. The van der Waals surface area contributed by atoms with E-state index >= 15 is 0 Å². The van der Waals surface area contributed by atoms with Gasteiger partial charge in [0.15, 0.2) is 6.61 Å². The summed E-state index contributed by atoms with van der Waals surface area (Å²) in [7, 11) is 0. The van der Waals surface area contributed by atoms with Crippen LogP contribution in [-0.4, -0.2) is 41.7 Å². The highest BCUT2D eigenvalue weighted by Gasteiger charge is 2.18. The van der Waals surface area contributed by atoms with Gasteiger partial charge in [0, 0.05) is 18.7 Å². The van der Waals surface area contributed by atoms with Crippen LogP contribution in [0.1, 0.15) is 24.2 Å². The first-order chi connectivity index (χ1) is 10.6. The van der Waals surface area contributed by atoms with Crippen LogP contribution in [-0.2, 0) is 9.53 Å². The van der Waals surface area contributed by atoms with Crippen molar-refractivity contribution in [1.82, 2.24) is 15.3 Å². The molecule has 3 rings (SSSR count). The van der Waals surface area contributed by atoms with Crippen LogP contribution in [0, 0.1) is 13.8 Å². The first-order valence-electron chi connectivity index (χ1n) is 7.37. The maximum atomic E-state index is 11.8. The van der Waals surface area contributed by atoms with Gasteiger partial charge in [-0.3, -0.25) is 4.79 Å². The van der Waals surface area contributed by atoms with Gasteiger partial charge in [-0.25, -0.2) is 9.97 Å². The number of ether oxygens (including phenoxy) is 2. The third kappa shape index (κ3) is 3.04. The lowest BCUT2D eigenvalue weighted by Crippen LogP contribution is -2.35. The molecule has 0 saturated carbocycles. The second-order valence-electron chi connectivity index (χ2n) is 5.37. The van der Waals surface area contributed by atoms with Gasteiger partial charge in [-0.15, -0.1) is 0 Å². The monoisotopic (exact) mass is 305 g/mol. The molecule has 0 aliphatic carbocycles. The van der Waals surface area contributed by atoms with Gasteiger partial charge >= 0.3 is 0 Å². The van der Waals surface area contributed by atoms with Gasteiger partial charge in [0.25, 0.3) is 5.91 Å². The fourth-order valence-corrected chi connectivity index (χ4v) is 2.48. The Morgan fingerprint density at radius 1 is 1.45 bits per heavy atom. The Morgan fingerprint density at radius 3 is 3.09 bits per heavy atom. The van der Waals surface area contributed by atoms with Crippen LogP contribution >= 0.6 is 0 Å².